The van der Waals surface area contributed by atoms with Crippen molar-refractivity contribution in [2.75, 3.05) is 19.4 Å². The Bertz CT molecular complexity index is 1790. The van der Waals surface area contributed by atoms with Crippen LogP contribution in [-0.2, 0) is 17.5 Å². The summed E-state index contributed by atoms with van der Waals surface area (Å²) in [5.41, 5.74) is -1.69. The summed E-state index contributed by atoms with van der Waals surface area (Å²) >= 11 is 0. The smallest absolute Gasteiger partial charge is 0.355 e. The number of ketones is 1. The molecule has 0 fully saturated rings. The van der Waals surface area contributed by atoms with Crippen LogP contribution >= 0.6 is 0 Å². The number of anilines is 1. The quantitative estimate of drug-likeness (QED) is 0.193. The number of likely N-dealkylation sites (N-methyl/N-ethyl adjacent to an activating group) is 1. The summed E-state index contributed by atoms with van der Waals surface area (Å²) in [6.45, 7) is 1.08. The normalized spacial score (nSPS) is 12.0. The van der Waals surface area contributed by atoms with Gasteiger partial charge in [-0.3, -0.25) is 23.7 Å². The number of nitrogens with one attached hydrogen (secondary N) is 3. The fraction of sp³-hybridized carbons (Fsp3) is 0.194. The molecule has 228 valence electrons. The molecule has 1 atom stereocenters. The average Bonchev–Trinajstić information content (AvgIpc) is 3.01. The van der Waals surface area contributed by atoms with E-state index in [-0.39, 0.29) is 33.8 Å². The maximum absolute atomic E-state index is 14.0. The van der Waals surface area contributed by atoms with Gasteiger partial charge in [0.1, 0.15) is 5.82 Å². The van der Waals surface area contributed by atoms with E-state index < -0.39 is 53.3 Å². The van der Waals surface area contributed by atoms with Crippen molar-refractivity contribution in [3.05, 3.63) is 117 Å². The van der Waals surface area contributed by atoms with Crippen molar-refractivity contribution in [1.82, 2.24) is 20.2 Å². The van der Waals surface area contributed by atoms with Crippen LogP contribution in [0.15, 0.2) is 77.7 Å². The molecule has 0 aliphatic rings. The van der Waals surface area contributed by atoms with Crippen LogP contribution in [-0.4, -0.2) is 47.3 Å². The van der Waals surface area contributed by atoms with Crippen molar-refractivity contribution in [3.8, 4) is 11.3 Å². The monoisotopic (exact) mass is 609 g/mol. The molecule has 0 aliphatic carbocycles. The van der Waals surface area contributed by atoms with Gasteiger partial charge in [-0.2, -0.15) is 13.2 Å². The van der Waals surface area contributed by atoms with Crippen molar-refractivity contribution >= 4 is 23.4 Å². The molecule has 4 aromatic rings. The Labute approximate surface area is 248 Å². The molecule has 0 bridgehead atoms. The molecule has 4 rings (SSSR count). The van der Waals surface area contributed by atoms with E-state index >= 15 is 0 Å². The topological polar surface area (TPSA) is 122 Å². The number of hydrogen-bond acceptors (Lipinski definition) is 6. The van der Waals surface area contributed by atoms with Crippen molar-refractivity contribution in [3.63, 3.8) is 0 Å². The summed E-state index contributed by atoms with van der Waals surface area (Å²) in [6, 6.07) is 12.5. The highest BCUT2D eigenvalue weighted by molar-refractivity contribution is 6.09. The Morgan fingerprint density at radius 3 is 2.27 bits per heavy atom. The molecule has 0 aliphatic heterocycles. The van der Waals surface area contributed by atoms with Gasteiger partial charge in [0.25, 0.3) is 11.5 Å². The number of hydrogen-bond donors (Lipinski definition) is 3. The van der Waals surface area contributed by atoms with Crippen LogP contribution in [0.2, 0.25) is 0 Å². The van der Waals surface area contributed by atoms with Gasteiger partial charge in [0.15, 0.2) is 11.6 Å². The number of alkyl halides is 3. The van der Waals surface area contributed by atoms with E-state index in [0.29, 0.717) is 11.6 Å². The molecule has 0 saturated carbocycles. The van der Waals surface area contributed by atoms with Crippen LogP contribution in [0.1, 0.15) is 44.3 Å². The Kier molecular flexibility index (Phi) is 9.38. The van der Waals surface area contributed by atoms with Gasteiger partial charge in [-0.15, -0.1) is 0 Å². The summed E-state index contributed by atoms with van der Waals surface area (Å²) < 4.78 is 56.4. The number of aromatic nitrogens is 2. The summed E-state index contributed by atoms with van der Waals surface area (Å²) in [6.07, 6.45) is -3.59. The Hall–Kier alpha value is -5.17. The lowest BCUT2D eigenvalue weighted by molar-refractivity contribution is -0.137. The molecule has 0 radical (unpaired) electrons. The van der Waals surface area contributed by atoms with Crippen molar-refractivity contribution in [2.45, 2.75) is 25.7 Å². The lowest BCUT2D eigenvalue weighted by Crippen LogP contribution is -2.38. The third kappa shape index (κ3) is 7.06. The predicted molar refractivity (Wildman–Crippen MR) is 155 cm³/mol. The zero-order chi connectivity index (χ0) is 32.2. The number of rotatable bonds is 9. The van der Waals surface area contributed by atoms with Crippen molar-refractivity contribution < 1.29 is 31.9 Å². The van der Waals surface area contributed by atoms with E-state index in [0.717, 1.165) is 34.9 Å². The number of nitrogens with zero attached hydrogens (tertiary/aromatic N) is 2. The van der Waals surface area contributed by atoms with Crippen molar-refractivity contribution in [1.29, 1.82) is 0 Å². The predicted octanol–water partition coefficient (Wildman–Crippen LogP) is 4.25. The van der Waals surface area contributed by atoms with Gasteiger partial charge >= 0.3 is 6.18 Å². The maximum Gasteiger partial charge on any atom is 0.416 e. The number of benzene rings is 3. The van der Waals surface area contributed by atoms with Crippen LogP contribution in [0.5, 0.6) is 0 Å². The fourth-order valence-corrected chi connectivity index (χ4v) is 4.31. The second-order valence-electron chi connectivity index (χ2n) is 9.80. The van der Waals surface area contributed by atoms with Gasteiger partial charge in [0, 0.05) is 29.3 Å². The lowest BCUT2D eigenvalue weighted by atomic mass is 9.98. The minimum absolute atomic E-state index is 0.0342. The molecule has 3 N–H and O–H groups in total. The largest absolute Gasteiger partial charge is 0.416 e. The zero-order valence-corrected chi connectivity index (χ0v) is 23.8. The number of carbonyl (C=O) groups excluding carboxylic acids is 3. The van der Waals surface area contributed by atoms with Crippen LogP contribution in [0, 0.1) is 5.82 Å². The number of halogens is 4. The zero-order valence-electron chi connectivity index (χ0n) is 23.8. The van der Waals surface area contributed by atoms with Gasteiger partial charge in [-0.05, 0) is 74.1 Å². The minimum Gasteiger partial charge on any atom is -0.355 e. The molecule has 9 nitrogen and oxygen atoms in total. The minimum atomic E-state index is -4.84. The molecule has 44 heavy (non-hydrogen) atoms. The van der Waals surface area contributed by atoms with E-state index in [1.807, 2.05) is 0 Å². The highest BCUT2D eigenvalue weighted by atomic mass is 19.4. The van der Waals surface area contributed by atoms with E-state index in [4.69, 9.17) is 0 Å². The molecule has 0 spiro atoms. The molecule has 3 aromatic carbocycles. The van der Waals surface area contributed by atoms with Crippen LogP contribution in [0.4, 0.5) is 23.4 Å². The molecule has 13 heteroatoms. The Morgan fingerprint density at radius 2 is 1.64 bits per heavy atom. The first-order valence-electron chi connectivity index (χ1n) is 13.2. The van der Waals surface area contributed by atoms with E-state index in [9.17, 15) is 36.7 Å². The second kappa shape index (κ2) is 13.0. The molecule has 2 amide bonds. The first kappa shape index (κ1) is 31.8. The SMILES string of the molecule is CNC(=O)c1cccc(-c2cnc(NC(=O)[C@H](C)NC)c(=O)n2Cc2cc(C(=O)c3ccc(F)cc3)cc(C(F)(F)F)c2)c1. The molecular weight excluding hydrogens is 582 g/mol. The van der Waals surface area contributed by atoms with Gasteiger partial charge in [0.05, 0.1) is 30.0 Å². The summed E-state index contributed by atoms with van der Waals surface area (Å²) in [5, 5.41) is 7.64. The molecular formula is C31H27F4N5O4. The standard InChI is InChI=1S/C31H27F4N5O4/c1-17(36-2)28(42)39-27-30(44)40(25(15-38-27)20-5-4-6-21(13-20)29(43)37-3)16-18-11-22(14-23(12-18)31(33,34)35)26(41)19-7-9-24(32)10-8-19/h4-15,17,36H,16H2,1-3H3,(H,37,43)(H,38,39,42)/t17-/m0/s1. The third-order valence-electron chi connectivity index (χ3n) is 6.80. The van der Waals surface area contributed by atoms with Crippen LogP contribution in [0.25, 0.3) is 11.3 Å². The Morgan fingerprint density at radius 1 is 0.932 bits per heavy atom. The molecule has 1 aromatic heterocycles. The first-order valence-corrected chi connectivity index (χ1v) is 13.2. The second-order valence-corrected chi connectivity index (χ2v) is 9.80. The number of amides is 2. The summed E-state index contributed by atoms with van der Waals surface area (Å²) in [5.74, 6) is -2.78. The first-order chi connectivity index (χ1) is 20.8. The van der Waals surface area contributed by atoms with E-state index in [2.05, 4.69) is 20.9 Å². The summed E-state index contributed by atoms with van der Waals surface area (Å²) in [4.78, 5) is 55.7. The van der Waals surface area contributed by atoms with Gasteiger partial charge < -0.3 is 16.0 Å². The molecule has 0 unspecified atom stereocenters. The van der Waals surface area contributed by atoms with Gasteiger partial charge in [0.2, 0.25) is 5.91 Å². The number of carbonyl (C=O) groups is 3. The lowest BCUT2D eigenvalue weighted by Gasteiger charge is -2.18. The molecule has 0 saturated heterocycles. The Balaban J connectivity index is 1.89. The van der Waals surface area contributed by atoms with Gasteiger partial charge in [-0.25, -0.2) is 9.37 Å². The van der Waals surface area contributed by atoms with E-state index in [1.165, 1.54) is 38.5 Å². The van der Waals surface area contributed by atoms with Gasteiger partial charge in [-0.1, -0.05) is 12.1 Å². The average molecular weight is 610 g/mol. The highest BCUT2D eigenvalue weighted by Gasteiger charge is 2.32. The fourth-order valence-electron chi connectivity index (χ4n) is 4.31. The summed E-state index contributed by atoms with van der Waals surface area (Å²) in [7, 11) is 2.98. The molecule has 1 heterocycles. The van der Waals surface area contributed by atoms with Crippen LogP contribution in [0.3, 0.4) is 0 Å². The van der Waals surface area contributed by atoms with Crippen molar-refractivity contribution in [2.24, 2.45) is 0 Å². The van der Waals surface area contributed by atoms with Crippen LogP contribution < -0.4 is 21.5 Å². The maximum atomic E-state index is 14.0. The van der Waals surface area contributed by atoms with E-state index in [1.54, 1.807) is 19.1 Å². The third-order valence-corrected chi connectivity index (χ3v) is 6.80. The highest BCUT2D eigenvalue weighted by Crippen LogP contribution is 2.32.